The lowest BCUT2D eigenvalue weighted by Crippen LogP contribution is -2.41. The highest BCUT2D eigenvalue weighted by Gasteiger charge is 2.31. The molecule has 164 valence electrons. The lowest BCUT2D eigenvalue weighted by atomic mass is 10.3. The van der Waals surface area contributed by atoms with Gasteiger partial charge in [0.05, 0.1) is 10.6 Å². The molecule has 1 amide bonds. The number of amides is 1. The summed E-state index contributed by atoms with van der Waals surface area (Å²) in [6, 6.07) is 8.85. The van der Waals surface area contributed by atoms with E-state index in [9.17, 15) is 21.6 Å². The molecule has 30 heavy (non-hydrogen) atoms. The SMILES string of the molecule is CCCNC(=O)CN(c1cccc(S(=O)(=O)N2CCCC2)c1)S(=O)(=O)c1cccs1. The van der Waals surface area contributed by atoms with Crippen molar-refractivity contribution in [3.63, 3.8) is 0 Å². The average Bonchev–Trinajstić information content (AvgIpc) is 3.45. The molecule has 0 unspecified atom stereocenters. The van der Waals surface area contributed by atoms with Crippen LogP contribution in [0, 0.1) is 0 Å². The Balaban J connectivity index is 2.00. The van der Waals surface area contributed by atoms with Crippen molar-refractivity contribution in [2.45, 2.75) is 35.3 Å². The van der Waals surface area contributed by atoms with E-state index in [1.54, 1.807) is 11.4 Å². The molecule has 3 rings (SSSR count). The highest BCUT2D eigenvalue weighted by Crippen LogP contribution is 2.29. The zero-order chi connectivity index (χ0) is 21.8. The summed E-state index contributed by atoms with van der Waals surface area (Å²) in [4.78, 5) is 12.4. The molecule has 1 saturated heterocycles. The Morgan fingerprint density at radius 1 is 1.13 bits per heavy atom. The molecule has 1 aliphatic rings. The van der Waals surface area contributed by atoms with Gasteiger partial charge < -0.3 is 5.32 Å². The summed E-state index contributed by atoms with van der Waals surface area (Å²) >= 11 is 1.04. The van der Waals surface area contributed by atoms with Gasteiger partial charge in [-0.3, -0.25) is 9.10 Å². The molecule has 1 N–H and O–H groups in total. The lowest BCUT2D eigenvalue weighted by Gasteiger charge is -2.24. The molecule has 1 fully saturated rings. The monoisotopic (exact) mass is 471 g/mol. The first-order valence-corrected chi connectivity index (χ1v) is 13.5. The molecule has 1 aromatic carbocycles. The molecule has 0 radical (unpaired) electrons. The Morgan fingerprint density at radius 3 is 2.50 bits per heavy atom. The summed E-state index contributed by atoms with van der Waals surface area (Å²) in [6.07, 6.45) is 2.32. The van der Waals surface area contributed by atoms with Crippen LogP contribution in [-0.2, 0) is 24.8 Å². The van der Waals surface area contributed by atoms with E-state index in [1.165, 1.54) is 34.6 Å². The molecule has 11 heteroatoms. The molecule has 0 saturated carbocycles. The largest absolute Gasteiger partial charge is 0.355 e. The van der Waals surface area contributed by atoms with Gasteiger partial charge in [-0.25, -0.2) is 16.8 Å². The molecule has 0 bridgehead atoms. The number of carbonyl (C=O) groups excluding carboxylic acids is 1. The molecule has 1 aliphatic heterocycles. The van der Waals surface area contributed by atoms with Crippen LogP contribution in [0.5, 0.6) is 0 Å². The molecule has 2 aromatic rings. The van der Waals surface area contributed by atoms with Gasteiger partial charge in [0.2, 0.25) is 15.9 Å². The molecular formula is C19H25N3O5S3. The highest BCUT2D eigenvalue weighted by atomic mass is 32.2. The van der Waals surface area contributed by atoms with Crippen LogP contribution in [0.3, 0.4) is 0 Å². The lowest BCUT2D eigenvalue weighted by molar-refractivity contribution is -0.119. The van der Waals surface area contributed by atoms with Crippen LogP contribution in [0.15, 0.2) is 50.9 Å². The number of benzene rings is 1. The van der Waals surface area contributed by atoms with E-state index in [0.29, 0.717) is 26.1 Å². The predicted molar refractivity (Wildman–Crippen MR) is 117 cm³/mol. The van der Waals surface area contributed by atoms with Crippen molar-refractivity contribution < 1.29 is 21.6 Å². The number of sulfonamides is 2. The third-order valence-electron chi connectivity index (χ3n) is 4.71. The van der Waals surface area contributed by atoms with Gasteiger partial charge in [-0.2, -0.15) is 4.31 Å². The first-order valence-electron chi connectivity index (χ1n) is 9.70. The van der Waals surface area contributed by atoms with Gasteiger partial charge in [0.15, 0.2) is 0 Å². The molecule has 0 atom stereocenters. The van der Waals surface area contributed by atoms with Gasteiger partial charge in [-0.1, -0.05) is 19.1 Å². The molecule has 1 aromatic heterocycles. The molecule has 0 spiro atoms. The Morgan fingerprint density at radius 2 is 1.87 bits per heavy atom. The third kappa shape index (κ3) is 4.85. The normalized spacial score (nSPS) is 15.2. The number of nitrogens with zero attached hydrogens (tertiary/aromatic N) is 2. The van der Waals surface area contributed by atoms with Crippen LogP contribution in [0.2, 0.25) is 0 Å². The molecule has 8 nitrogen and oxygen atoms in total. The minimum absolute atomic E-state index is 0.0160. The second-order valence-corrected chi connectivity index (χ2v) is 11.9. The van der Waals surface area contributed by atoms with Crippen molar-refractivity contribution in [2.75, 3.05) is 30.5 Å². The summed E-state index contributed by atoms with van der Waals surface area (Å²) in [6.45, 7) is 2.78. The summed E-state index contributed by atoms with van der Waals surface area (Å²) in [5.74, 6) is -0.454. The number of nitrogens with one attached hydrogen (secondary N) is 1. The Labute approximate surface area is 181 Å². The van der Waals surface area contributed by atoms with Crippen LogP contribution >= 0.6 is 11.3 Å². The number of hydrogen-bond donors (Lipinski definition) is 1. The summed E-state index contributed by atoms with van der Waals surface area (Å²) in [5, 5.41) is 4.31. The second kappa shape index (κ2) is 9.46. The van der Waals surface area contributed by atoms with Gasteiger partial charge in [-0.15, -0.1) is 11.3 Å². The van der Waals surface area contributed by atoms with Crippen molar-refractivity contribution in [3.05, 3.63) is 41.8 Å². The van der Waals surface area contributed by atoms with Crippen LogP contribution in [0.25, 0.3) is 0 Å². The standard InChI is InChI=1S/C19H25N3O5S3/c1-2-10-20-18(23)15-22(30(26,27)19-9-6-13-28-19)16-7-5-8-17(14-16)29(24,25)21-11-3-4-12-21/h5-9,13-14H,2-4,10-12,15H2,1H3,(H,20,23). The molecular weight excluding hydrogens is 446 g/mol. The Kier molecular flexibility index (Phi) is 7.17. The maximum Gasteiger partial charge on any atom is 0.274 e. The first-order chi connectivity index (χ1) is 14.3. The van der Waals surface area contributed by atoms with E-state index in [4.69, 9.17) is 0 Å². The van der Waals surface area contributed by atoms with Gasteiger partial charge in [0, 0.05) is 19.6 Å². The van der Waals surface area contributed by atoms with Gasteiger partial charge in [-0.05, 0) is 48.9 Å². The van der Waals surface area contributed by atoms with E-state index < -0.39 is 32.5 Å². The molecule has 0 aliphatic carbocycles. The third-order valence-corrected chi connectivity index (χ3v) is 9.75. The first kappa shape index (κ1) is 22.7. The minimum atomic E-state index is -4.03. The van der Waals surface area contributed by atoms with Crippen molar-refractivity contribution in [1.82, 2.24) is 9.62 Å². The van der Waals surface area contributed by atoms with Gasteiger partial charge in [0.1, 0.15) is 10.8 Å². The van der Waals surface area contributed by atoms with E-state index >= 15 is 0 Å². The number of anilines is 1. The fourth-order valence-electron chi connectivity index (χ4n) is 3.16. The summed E-state index contributed by atoms with van der Waals surface area (Å²) < 4.78 is 54.7. The summed E-state index contributed by atoms with van der Waals surface area (Å²) in [5.41, 5.74) is 0.135. The average molecular weight is 472 g/mol. The number of hydrogen-bond acceptors (Lipinski definition) is 6. The highest BCUT2D eigenvalue weighted by molar-refractivity contribution is 7.94. The maximum absolute atomic E-state index is 13.2. The minimum Gasteiger partial charge on any atom is -0.355 e. The van der Waals surface area contributed by atoms with E-state index in [1.807, 2.05) is 6.92 Å². The number of rotatable bonds is 9. The van der Waals surface area contributed by atoms with Crippen LogP contribution in [0.4, 0.5) is 5.69 Å². The second-order valence-electron chi connectivity index (χ2n) is 6.90. The smallest absolute Gasteiger partial charge is 0.274 e. The van der Waals surface area contributed by atoms with Crippen molar-refractivity contribution in [3.8, 4) is 0 Å². The Hall–Kier alpha value is -1.95. The van der Waals surface area contributed by atoms with E-state index in [-0.39, 0.29) is 14.8 Å². The van der Waals surface area contributed by atoms with Crippen LogP contribution in [-0.4, -0.2) is 53.2 Å². The fourth-order valence-corrected chi connectivity index (χ4v) is 7.24. The zero-order valence-corrected chi connectivity index (χ0v) is 19.1. The zero-order valence-electron chi connectivity index (χ0n) is 16.7. The predicted octanol–water partition coefficient (Wildman–Crippen LogP) is 2.25. The number of thiophene rings is 1. The Bertz CT molecular complexity index is 1080. The van der Waals surface area contributed by atoms with Crippen LogP contribution in [0.1, 0.15) is 26.2 Å². The van der Waals surface area contributed by atoms with E-state index in [0.717, 1.165) is 28.5 Å². The topological polar surface area (TPSA) is 104 Å². The van der Waals surface area contributed by atoms with Crippen LogP contribution < -0.4 is 9.62 Å². The maximum atomic E-state index is 13.2. The fraction of sp³-hybridized carbons (Fsp3) is 0.421. The number of carbonyl (C=O) groups is 1. The van der Waals surface area contributed by atoms with Gasteiger partial charge in [0.25, 0.3) is 10.0 Å². The van der Waals surface area contributed by atoms with Gasteiger partial charge >= 0.3 is 0 Å². The van der Waals surface area contributed by atoms with Crippen molar-refractivity contribution >= 4 is 43.0 Å². The quantitative estimate of drug-likeness (QED) is 0.604. The molecule has 2 heterocycles. The van der Waals surface area contributed by atoms with Crippen molar-refractivity contribution in [2.24, 2.45) is 0 Å². The summed E-state index contributed by atoms with van der Waals surface area (Å²) in [7, 11) is -7.75. The van der Waals surface area contributed by atoms with E-state index in [2.05, 4.69) is 5.32 Å². The van der Waals surface area contributed by atoms with Crippen molar-refractivity contribution in [1.29, 1.82) is 0 Å².